The first kappa shape index (κ1) is 25.1. The minimum atomic E-state index is -3.91. The number of anilines is 2. The standard InChI is InChI=1S/C28H22N4O4S2/c1-19-7-13-23(14-8-19)38(34,35)32-25-17-29-16-15-24(25)27(33)31-28-30-26(18-37-28)20-9-11-22(12-10-20)36-21-5-3-2-4-6-21/h2-18,32H,1H3,(H,30,31,33). The Kier molecular flexibility index (Phi) is 7.16. The van der Waals surface area contributed by atoms with Gasteiger partial charge in [0.25, 0.3) is 15.9 Å². The fourth-order valence-electron chi connectivity index (χ4n) is 3.54. The molecule has 5 rings (SSSR count). The first-order valence-corrected chi connectivity index (χ1v) is 13.9. The smallest absolute Gasteiger partial charge is 0.261 e. The minimum Gasteiger partial charge on any atom is -0.457 e. The maximum atomic E-state index is 13.0. The molecule has 2 heterocycles. The van der Waals surface area contributed by atoms with E-state index in [1.165, 1.54) is 41.9 Å². The molecule has 0 bridgehead atoms. The SMILES string of the molecule is Cc1ccc(S(=O)(=O)Nc2cnccc2C(=O)Nc2nc(-c3ccc(Oc4ccccc4)cc3)cs2)cc1. The molecule has 2 aromatic heterocycles. The predicted molar refractivity (Wildman–Crippen MR) is 148 cm³/mol. The Hall–Kier alpha value is -4.54. The molecule has 3 aromatic carbocycles. The first-order chi connectivity index (χ1) is 18.4. The van der Waals surface area contributed by atoms with Gasteiger partial charge in [-0.05, 0) is 61.5 Å². The van der Waals surface area contributed by atoms with Gasteiger partial charge in [0.2, 0.25) is 0 Å². The highest BCUT2D eigenvalue weighted by molar-refractivity contribution is 7.92. The largest absolute Gasteiger partial charge is 0.457 e. The lowest BCUT2D eigenvalue weighted by molar-refractivity contribution is 0.102. The van der Waals surface area contributed by atoms with Crippen LogP contribution in [0.5, 0.6) is 11.5 Å². The number of pyridine rings is 1. The van der Waals surface area contributed by atoms with Gasteiger partial charge in [-0.3, -0.25) is 19.8 Å². The van der Waals surface area contributed by atoms with Crippen LogP contribution in [0.1, 0.15) is 15.9 Å². The summed E-state index contributed by atoms with van der Waals surface area (Å²) in [7, 11) is -3.91. The Balaban J connectivity index is 1.28. The number of ether oxygens (including phenoxy) is 1. The number of hydrogen-bond donors (Lipinski definition) is 2. The Morgan fingerprint density at radius 1 is 0.895 bits per heavy atom. The normalized spacial score (nSPS) is 11.1. The van der Waals surface area contributed by atoms with Crippen LogP contribution in [0.15, 0.2) is 108 Å². The monoisotopic (exact) mass is 542 g/mol. The average Bonchev–Trinajstić information content (AvgIpc) is 3.38. The van der Waals surface area contributed by atoms with Gasteiger partial charge >= 0.3 is 0 Å². The maximum absolute atomic E-state index is 13.0. The third-order valence-electron chi connectivity index (χ3n) is 5.49. The van der Waals surface area contributed by atoms with E-state index in [4.69, 9.17) is 4.74 Å². The van der Waals surface area contributed by atoms with Crippen molar-refractivity contribution < 1.29 is 17.9 Å². The molecule has 0 fully saturated rings. The summed E-state index contributed by atoms with van der Waals surface area (Å²) in [6.07, 6.45) is 2.72. The molecule has 1 amide bonds. The van der Waals surface area contributed by atoms with Crippen LogP contribution < -0.4 is 14.8 Å². The van der Waals surface area contributed by atoms with Crippen LogP contribution in [0.4, 0.5) is 10.8 Å². The van der Waals surface area contributed by atoms with Crippen LogP contribution in [0.2, 0.25) is 0 Å². The number of carbonyl (C=O) groups excluding carboxylic acids is 1. The van der Waals surface area contributed by atoms with Crippen molar-refractivity contribution in [1.82, 2.24) is 9.97 Å². The highest BCUT2D eigenvalue weighted by atomic mass is 32.2. The second kappa shape index (κ2) is 10.8. The molecule has 8 nitrogen and oxygen atoms in total. The van der Waals surface area contributed by atoms with Gasteiger partial charge in [0.05, 0.1) is 28.0 Å². The molecule has 10 heteroatoms. The van der Waals surface area contributed by atoms with E-state index in [0.29, 0.717) is 16.6 Å². The van der Waals surface area contributed by atoms with Gasteiger partial charge in [0.15, 0.2) is 5.13 Å². The van der Waals surface area contributed by atoms with E-state index in [1.807, 2.05) is 66.9 Å². The van der Waals surface area contributed by atoms with Gasteiger partial charge in [-0.2, -0.15) is 0 Å². The minimum absolute atomic E-state index is 0.0661. The first-order valence-electron chi connectivity index (χ1n) is 11.5. The highest BCUT2D eigenvalue weighted by Gasteiger charge is 2.20. The number of nitrogens with zero attached hydrogens (tertiary/aromatic N) is 2. The fraction of sp³-hybridized carbons (Fsp3) is 0.0357. The van der Waals surface area contributed by atoms with E-state index in [2.05, 4.69) is 20.0 Å². The number of aromatic nitrogens is 2. The van der Waals surface area contributed by atoms with Gasteiger partial charge in [-0.1, -0.05) is 35.9 Å². The molecule has 0 aliphatic heterocycles. The molecular formula is C28H22N4O4S2. The van der Waals surface area contributed by atoms with Crippen molar-refractivity contribution in [2.24, 2.45) is 0 Å². The second-order valence-corrected chi connectivity index (χ2v) is 10.8. The van der Waals surface area contributed by atoms with Gasteiger partial charge in [0, 0.05) is 17.1 Å². The number of carbonyl (C=O) groups is 1. The molecule has 190 valence electrons. The third kappa shape index (κ3) is 5.88. The number of amides is 1. The molecule has 0 radical (unpaired) electrons. The molecule has 2 N–H and O–H groups in total. The molecule has 38 heavy (non-hydrogen) atoms. The molecule has 0 unspecified atom stereocenters. The number of rotatable bonds is 8. The molecule has 0 saturated heterocycles. The summed E-state index contributed by atoms with van der Waals surface area (Å²) >= 11 is 1.26. The number of sulfonamides is 1. The zero-order valence-corrected chi connectivity index (χ0v) is 21.8. The third-order valence-corrected chi connectivity index (χ3v) is 7.63. The Bertz CT molecular complexity index is 1670. The fourth-order valence-corrected chi connectivity index (χ4v) is 5.32. The van der Waals surface area contributed by atoms with Crippen molar-refractivity contribution in [2.75, 3.05) is 10.0 Å². The van der Waals surface area contributed by atoms with Crippen molar-refractivity contribution in [1.29, 1.82) is 0 Å². The van der Waals surface area contributed by atoms with Crippen LogP contribution >= 0.6 is 11.3 Å². The van der Waals surface area contributed by atoms with Gasteiger partial charge in [-0.15, -0.1) is 11.3 Å². The Labute approximate surface area is 224 Å². The molecule has 0 spiro atoms. The van der Waals surface area contributed by atoms with Crippen molar-refractivity contribution in [3.8, 4) is 22.8 Å². The number of para-hydroxylation sites is 1. The zero-order valence-electron chi connectivity index (χ0n) is 20.2. The van der Waals surface area contributed by atoms with Crippen molar-refractivity contribution >= 4 is 38.1 Å². The average molecular weight is 543 g/mol. The number of nitrogens with one attached hydrogen (secondary N) is 2. The lowest BCUT2D eigenvalue weighted by Crippen LogP contribution is -2.19. The number of hydrogen-bond acceptors (Lipinski definition) is 7. The molecule has 0 aliphatic rings. The van der Waals surface area contributed by atoms with Crippen LogP contribution in [0.3, 0.4) is 0 Å². The van der Waals surface area contributed by atoms with E-state index in [-0.39, 0.29) is 16.1 Å². The second-order valence-electron chi connectivity index (χ2n) is 8.27. The molecule has 0 aliphatic carbocycles. The summed E-state index contributed by atoms with van der Waals surface area (Å²) in [6.45, 7) is 1.87. The lowest BCUT2D eigenvalue weighted by atomic mass is 10.2. The number of thiazole rings is 1. The molecule has 5 aromatic rings. The van der Waals surface area contributed by atoms with Gasteiger partial charge in [-0.25, -0.2) is 13.4 Å². The highest BCUT2D eigenvalue weighted by Crippen LogP contribution is 2.29. The van der Waals surface area contributed by atoms with Gasteiger partial charge < -0.3 is 4.74 Å². The zero-order chi connectivity index (χ0) is 26.5. The van der Waals surface area contributed by atoms with Crippen molar-refractivity contribution in [3.63, 3.8) is 0 Å². The van der Waals surface area contributed by atoms with E-state index >= 15 is 0 Å². The summed E-state index contributed by atoms with van der Waals surface area (Å²) in [5.74, 6) is 0.930. The van der Waals surface area contributed by atoms with Crippen LogP contribution in [-0.2, 0) is 10.0 Å². The lowest BCUT2D eigenvalue weighted by Gasteiger charge is -2.12. The molecule has 0 atom stereocenters. The summed E-state index contributed by atoms with van der Waals surface area (Å²) in [5.41, 5.74) is 2.67. The van der Waals surface area contributed by atoms with Gasteiger partial charge in [0.1, 0.15) is 11.5 Å². The quantitative estimate of drug-likeness (QED) is 0.236. The Morgan fingerprint density at radius 3 is 2.34 bits per heavy atom. The predicted octanol–water partition coefficient (Wildman–Crippen LogP) is 6.36. The maximum Gasteiger partial charge on any atom is 0.261 e. The summed E-state index contributed by atoms with van der Waals surface area (Å²) in [4.78, 5) is 21.6. The summed E-state index contributed by atoms with van der Waals surface area (Å²) < 4.78 is 34.0. The summed E-state index contributed by atoms with van der Waals surface area (Å²) in [5, 5.41) is 4.95. The topological polar surface area (TPSA) is 110 Å². The summed E-state index contributed by atoms with van der Waals surface area (Å²) in [6, 6.07) is 24.8. The molecule has 0 saturated carbocycles. The molecular weight excluding hydrogens is 520 g/mol. The van der Waals surface area contributed by atoms with E-state index in [1.54, 1.807) is 12.1 Å². The van der Waals surface area contributed by atoms with Crippen LogP contribution in [0.25, 0.3) is 11.3 Å². The Morgan fingerprint density at radius 2 is 1.61 bits per heavy atom. The number of benzene rings is 3. The number of aryl methyl sites for hydroxylation is 1. The van der Waals surface area contributed by atoms with Crippen LogP contribution in [-0.4, -0.2) is 24.3 Å². The van der Waals surface area contributed by atoms with E-state index in [0.717, 1.165) is 16.9 Å². The van der Waals surface area contributed by atoms with E-state index < -0.39 is 15.9 Å². The van der Waals surface area contributed by atoms with Crippen molar-refractivity contribution in [3.05, 3.63) is 114 Å². The van der Waals surface area contributed by atoms with E-state index in [9.17, 15) is 13.2 Å². The van der Waals surface area contributed by atoms with Crippen LogP contribution in [0, 0.1) is 6.92 Å². The van der Waals surface area contributed by atoms with Crippen molar-refractivity contribution in [2.45, 2.75) is 11.8 Å².